The molecule has 1 fully saturated rings. The summed E-state index contributed by atoms with van der Waals surface area (Å²) >= 11 is 0. The third kappa shape index (κ3) is 2.11. The third-order valence-corrected chi connectivity index (χ3v) is 2.64. The Morgan fingerprint density at radius 1 is 1.73 bits per heavy atom. The number of carbonyl (C=O) groups is 1. The number of hydrogen-bond donors (Lipinski definition) is 1. The van der Waals surface area contributed by atoms with Crippen LogP contribution in [0.15, 0.2) is 6.20 Å². The molecular weight excluding hydrogens is 192 g/mol. The van der Waals surface area contributed by atoms with Gasteiger partial charge in [0.25, 0.3) is 5.91 Å². The van der Waals surface area contributed by atoms with Crippen molar-refractivity contribution in [3.8, 4) is 0 Å². The summed E-state index contributed by atoms with van der Waals surface area (Å²) < 4.78 is 1.56. The summed E-state index contributed by atoms with van der Waals surface area (Å²) in [5.74, 6) is 0.601. The molecule has 82 valence electrons. The fraction of sp³-hybridized carbons (Fsp3) is 0.600. The van der Waals surface area contributed by atoms with Crippen molar-refractivity contribution in [1.29, 1.82) is 0 Å². The highest BCUT2D eigenvalue weighted by molar-refractivity contribution is 5.96. The number of amides is 1. The molecule has 5 heteroatoms. The van der Waals surface area contributed by atoms with Crippen LogP contribution in [-0.4, -0.2) is 34.2 Å². The second-order valence-corrected chi connectivity index (χ2v) is 4.24. The molecule has 1 saturated carbocycles. The van der Waals surface area contributed by atoms with Gasteiger partial charge in [-0.05, 0) is 18.8 Å². The maximum Gasteiger partial charge on any atom is 0.276 e. The predicted molar refractivity (Wildman–Crippen MR) is 57.3 cm³/mol. The van der Waals surface area contributed by atoms with E-state index in [0.29, 0.717) is 17.3 Å². The number of rotatable bonds is 3. The first-order valence-corrected chi connectivity index (χ1v) is 5.12. The van der Waals surface area contributed by atoms with Crippen molar-refractivity contribution in [3.05, 3.63) is 11.9 Å². The molecule has 1 heterocycles. The van der Waals surface area contributed by atoms with E-state index in [4.69, 9.17) is 5.73 Å². The summed E-state index contributed by atoms with van der Waals surface area (Å²) in [6, 6.07) is 0. The molecule has 2 rings (SSSR count). The number of nitrogens with two attached hydrogens (primary N) is 1. The molecule has 0 bridgehead atoms. The average Bonchev–Trinajstić information content (AvgIpc) is 2.90. The largest absolute Gasteiger partial charge is 0.396 e. The second-order valence-electron chi connectivity index (χ2n) is 4.24. The van der Waals surface area contributed by atoms with Crippen LogP contribution in [0.5, 0.6) is 0 Å². The fourth-order valence-electron chi connectivity index (χ4n) is 1.62. The van der Waals surface area contributed by atoms with Crippen LogP contribution < -0.4 is 5.73 Å². The number of hydrogen-bond acceptors (Lipinski definition) is 3. The van der Waals surface area contributed by atoms with Gasteiger partial charge in [-0.3, -0.25) is 9.48 Å². The van der Waals surface area contributed by atoms with Gasteiger partial charge in [-0.15, -0.1) is 0 Å². The summed E-state index contributed by atoms with van der Waals surface area (Å²) in [5, 5.41) is 4.06. The number of aromatic nitrogens is 2. The molecule has 15 heavy (non-hydrogen) atoms. The Morgan fingerprint density at radius 3 is 2.87 bits per heavy atom. The highest BCUT2D eigenvalue weighted by Gasteiger charge is 2.26. The van der Waals surface area contributed by atoms with Gasteiger partial charge >= 0.3 is 0 Å². The molecule has 0 spiro atoms. The molecule has 1 aliphatic rings. The molecule has 1 aromatic rings. The molecule has 2 N–H and O–H groups in total. The fourth-order valence-corrected chi connectivity index (χ4v) is 1.62. The second kappa shape index (κ2) is 3.56. The zero-order valence-electron chi connectivity index (χ0n) is 9.10. The van der Waals surface area contributed by atoms with Crippen molar-refractivity contribution in [2.24, 2.45) is 13.0 Å². The van der Waals surface area contributed by atoms with Gasteiger partial charge in [0.15, 0.2) is 5.69 Å². The zero-order valence-corrected chi connectivity index (χ0v) is 9.10. The summed E-state index contributed by atoms with van der Waals surface area (Å²) in [7, 11) is 3.56. The molecule has 1 amide bonds. The van der Waals surface area contributed by atoms with Gasteiger partial charge in [-0.2, -0.15) is 5.10 Å². The molecule has 0 aliphatic heterocycles. The van der Waals surface area contributed by atoms with Crippen LogP contribution in [0.1, 0.15) is 23.3 Å². The van der Waals surface area contributed by atoms with Gasteiger partial charge < -0.3 is 10.6 Å². The molecule has 1 aromatic heterocycles. The normalized spacial score (nSPS) is 15.3. The Labute approximate surface area is 88.8 Å². The monoisotopic (exact) mass is 208 g/mol. The molecule has 5 nitrogen and oxygen atoms in total. The van der Waals surface area contributed by atoms with Crippen molar-refractivity contribution in [2.75, 3.05) is 19.3 Å². The minimum atomic E-state index is -0.0833. The predicted octanol–water partition coefficient (Wildman–Crippen LogP) is 0.484. The number of aryl methyl sites for hydroxylation is 1. The van der Waals surface area contributed by atoms with E-state index >= 15 is 0 Å². The Morgan fingerprint density at radius 2 is 2.40 bits per heavy atom. The molecular formula is C10H16N4O. The molecule has 0 aromatic carbocycles. The Balaban J connectivity index is 2.08. The van der Waals surface area contributed by atoms with Crippen LogP contribution in [0.4, 0.5) is 5.69 Å². The molecule has 0 atom stereocenters. The van der Waals surface area contributed by atoms with Gasteiger partial charge in [0.1, 0.15) is 0 Å². The Bertz CT molecular complexity index is 381. The highest BCUT2D eigenvalue weighted by Crippen LogP contribution is 2.29. The number of nitrogens with zero attached hydrogens (tertiary/aromatic N) is 3. The summed E-state index contributed by atoms with van der Waals surface area (Å²) in [6.07, 6.45) is 4.11. The third-order valence-electron chi connectivity index (χ3n) is 2.64. The quantitative estimate of drug-likeness (QED) is 0.786. The van der Waals surface area contributed by atoms with Gasteiger partial charge in [0, 0.05) is 26.8 Å². The van der Waals surface area contributed by atoms with E-state index in [1.54, 1.807) is 29.9 Å². The maximum atomic E-state index is 11.9. The van der Waals surface area contributed by atoms with Crippen LogP contribution in [0.3, 0.4) is 0 Å². The minimum absolute atomic E-state index is 0.0833. The van der Waals surface area contributed by atoms with Crippen molar-refractivity contribution >= 4 is 11.6 Å². The summed E-state index contributed by atoms with van der Waals surface area (Å²) in [4.78, 5) is 13.6. The van der Waals surface area contributed by atoms with Crippen molar-refractivity contribution in [3.63, 3.8) is 0 Å². The molecule has 0 saturated heterocycles. The van der Waals surface area contributed by atoms with E-state index < -0.39 is 0 Å². The minimum Gasteiger partial charge on any atom is -0.396 e. The lowest BCUT2D eigenvalue weighted by atomic mass is 10.3. The standard InChI is InChI=1S/C10H16N4O/c1-13(5-7-3-4-7)10(15)9-8(11)6-14(2)12-9/h6-7H,3-5,11H2,1-2H3. The van der Waals surface area contributed by atoms with E-state index in [2.05, 4.69) is 5.10 Å². The van der Waals surface area contributed by atoms with Crippen LogP contribution >= 0.6 is 0 Å². The molecule has 1 aliphatic carbocycles. The van der Waals surface area contributed by atoms with Gasteiger partial charge in [0.2, 0.25) is 0 Å². The van der Waals surface area contributed by atoms with E-state index in [1.165, 1.54) is 12.8 Å². The van der Waals surface area contributed by atoms with Crippen LogP contribution in [0.25, 0.3) is 0 Å². The van der Waals surface area contributed by atoms with Crippen molar-refractivity contribution < 1.29 is 4.79 Å². The van der Waals surface area contributed by atoms with Crippen LogP contribution in [0, 0.1) is 5.92 Å². The topological polar surface area (TPSA) is 64.2 Å². The van der Waals surface area contributed by atoms with Crippen molar-refractivity contribution in [2.45, 2.75) is 12.8 Å². The lowest BCUT2D eigenvalue weighted by Crippen LogP contribution is -2.29. The van der Waals surface area contributed by atoms with Gasteiger partial charge in [-0.25, -0.2) is 0 Å². The van der Waals surface area contributed by atoms with E-state index in [9.17, 15) is 4.79 Å². The lowest BCUT2D eigenvalue weighted by molar-refractivity contribution is 0.0783. The lowest BCUT2D eigenvalue weighted by Gasteiger charge is -2.15. The van der Waals surface area contributed by atoms with Gasteiger partial charge in [-0.1, -0.05) is 0 Å². The Hall–Kier alpha value is -1.52. The zero-order chi connectivity index (χ0) is 11.0. The maximum absolute atomic E-state index is 11.9. The number of nitrogen functional groups attached to an aromatic ring is 1. The first-order chi connectivity index (χ1) is 7.08. The number of anilines is 1. The number of carbonyl (C=O) groups excluding carboxylic acids is 1. The van der Waals surface area contributed by atoms with Crippen LogP contribution in [0.2, 0.25) is 0 Å². The molecule has 0 radical (unpaired) electrons. The average molecular weight is 208 g/mol. The van der Waals surface area contributed by atoms with Gasteiger partial charge in [0.05, 0.1) is 5.69 Å². The van der Waals surface area contributed by atoms with Crippen molar-refractivity contribution in [1.82, 2.24) is 14.7 Å². The van der Waals surface area contributed by atoms with E-state index in [-0.39, 0.29) is 5.91 Å². The molecule has 0 unspecified atom stereocenters. The summed E-state index contributed by atoms with van der Waals surface area (Å²) in [5.41, 5.74) is 6.51. The SMILES string of the molecule is CN(CC1CC1)C(=O)c1nn(C)cc1N. The first kappa shape index (κ1) is 10.0. The van der Waals surface area contributed by atoms with E-state index in [0.717, 1.165) is 6.54 Å². The summed E-state index contributed by atoms with van der Waals surface area (Å²) in [6.45, 7) is 0.814. The van der Waals surface area contributed by atoms with Crippen LogP contribution in [-0.2, 0) is 7.05 Å². The van der Waals surface area contributed by atoms with E-state index in [1.807, 2.05) is 0 Å². The highest BCUT2D eigenvalue weighted by atomic mass is 16.2. The smallest absolute Gasteiger partial charge is 0.276 e. The Kier molecular flexibility index (Phi) is 2.38. The first-order valence-electron chi connectivity index (χ1n) is 5.12.